The van der Waals surface area contributed by atoms with Crippen LogP contribution in [0.25, 0.3) is 22.0 Å². The van der Waals surface area contributed by atoms with Gasteiger partial charge in [-0.3, -0.25) is 24.8 Å². The summed E-state index contributed by atoms with van der Waals surface area (Å²) in [6.07, 6.45) is 1.88. The number of nitrogens with one attached hydrogen (secondary N) is 2. The number of pyridine rings is 1. The highest BCUT2D eigenvalue weighted by molar-refractivity contribution is 6.03. The second-order valence-corrected chi connectivity index (χ2v) is 14.7. The summed E-state index contributed by atoms with van der Waals surface area (Å²) in [7, 11) is 0. The van der Waals surface area contributed by atoms with Crippen molar-refractivity contribution in [3.05, 3.63) is 118 Å². The number of carbonyl (C=O) groups excluding carboxylic acids is 2. The quantitative estimate of drug-likeness (QED) is 0.147. The van der Waals surface area contributed by atoms with E-state index in [-0.39, 0.29) is 29.2 Å². The van der Waals surface area contributed by atoms with Crippen LogP contribution in [0, 0.1) is 19.7 Å². The van der Waals surface area contributed by atoms with Gasteiger partial charge in [0.1, 0.15) is 5.82 Å². The molecule has 0 bridgehead atoms. The Morgan fingerprint density at radius 3 is 2.42 bits per heavy atom. The van der Waals surface area contributed by atoms with Crippen molar-refractivity contribution >= 4 is 28.4 Å². The Morgan fingerprint density at radius 2 is 1.70 bits per heavy atom. The summed E-state index contributed by atoms with van der Waals surface area (Å²) in [6.45, 7) is 9.46. The minimum atomic E-state index is -2.56. The zero-order chi connectivity index (χ0) is 37.4. The Balaban J connectivity index is 1.05. The predicted molar refractivity (Wildman–Crippen MR) is 199 cm³/mol. The molecule has 7 rings (SSSR count). The van der Waals surface area contributed by atoms with Crippen molar-refractivity contribution in [3.8, 4) is 11.3 Å². The number of rotatable bonds is 9. The molecule has 53 heavy (non-hydrogen) atoms. The third-order valence-corrected chi connectivity index (χ3v) is 11.3. The lowest BCUT2D eigenvalue weighted by Crippen LogP contribution is -2.49. The normalized spacial score (nSPS) is 19.1. The van der Waals surface area contributed by atoms with Crippen LogP contribution in [0.5, 0.6) is 0 Å². The molecule has 0 aliphatic carbocycles. The molecule has 2 saturated heterocycles. The molecule has 2 amide bonds. The highest BCUT2D eigenvalue weighted by atomic mass is 19.3. The molecular weight excluding hydrogens is 677 g/mol. The van der Waals surface area contributed by atoms with Crippen LogP contribution in [-0.4, -0.2) is 45.0 Å². The maximum absolute atomic E-state index is 15.3. The molecule has 0 radical (unpaired) electrons. The summed E-state index contributed by atoms with van der Waals surface area (Å²) in [4.78, 5) is 31.3. The topological polar surface area (TPSA) is 100 Å². The fourth-order valence-electron chi connectivity index (χ4n) is 7.82. The predicted octanol–water partition coefficient (Wildman–Crippen LogP) is 8.63. The van der Waals surface area contributed by atoms with Crippen LogP contribution in [0.4, 0.5) is 19.0 Å². The van der Waals surface area contributed by atoms with Crippen molar-refractivity contribution in [2.45, 2.75) is 83.7 Å². The van der Waals surface area contributed by atoms with Gasteiger partial charge in [0.05, 0.1) is 22.8 Å². The highest BCUT2D eigenvalue weighted by Gasteiger charge is 2.40. The Kier molecular flexibility index (Phi) is 10.0. The van der Waals surface area contributed by atoms with Crippen LogP contribution < -0.4 is 10.6 Å². The van der Waals surface area contributed by atoms with Gasteiger partial charge in [-0.25, -0.2) is 13.2 Å². The number of aromatic nitrogens is 3. The Labute approximate surface area is 307 Å². The third kappa shape index (κ3) is 7.27. The van der Waals surface area contributed by atoms with Gasteiger partial charge in [0, 0.05) is 46.6 Å². The van der Waals surface area contributed by atoms with Gasteiger partial charge in [-0.05, 0) is 112 Å². The van der Waals surface area contributed by atoms with Crippen molar-refractivity contribution in [1.82, 2.24) is 25.4 Å². The zero-order valence-electron chi connectivity index (χ0n) is 30.3. The number of imide groups is 1. The molecule has 0 unspecified atom stereocenters. The summed E-state index contributed by atoms with van der Waals surface area (Å²) in [5.41, 5.74) is 5.44. The largest absolute Gasteiger partial charge is 0.362 e. The maximum Gasteiger partial charge on any atom is 0.264 e. The minimum absolute atomic E-state index is 0.00630. The molecule has 0 spiro atoms. The number of amides is 2. The number of benzene rings is 3. The molecule has 2 aliphatic heterocycles. The summed E-state index contributed by atoms with van der Waals surface area (Å²) in [6, 6.07) is 19.8. The van der Waals surface area contributed by atoms with E-state index >= 15 is 4.39 Å². The number of carbonyl (C=O) groups is 2. The van der Waals surface area contributed by atoms with Gasteiger partial charge in [0.15, 0.2) is 5.82 Å². The monoisotopic (exact) mass is 720 g/mol. The van der Waals surface area contributed by atoms with E-state index in [9.17, 15) is 18.4 Å². The van der Waals surface area contributed by atoms with Gasteiger partial charge >= 0.3 is 0 Å². The van der Waals surface area contributed by atoms with Crippen LogP contribution in [0.3, 0.4) is 0 Å². The molecule has 11 heteroatoms. The van der Waals surface area contributed by atoms with Crippen LogP contribution in [0.2, 0.25) is 0 Å². The van der Waals surface area contributed by atoms with E-state index in [4.69, 9.17) is 4.98 Å². The van der Waals surface area contributed by atoms with E-state index in [1.165, 1.54) is 17.7 Å². The standard InChI is InChI=1S/C42H43F3N6O2/c1-24-32(6-5-7-33(24)39(44)45)25(2)47-40-34-21-37(46-22-35(34)26(3)49-50-40)29-10-13-36(43)30(20-29)23-51-18-15-28(16-19-51)27-8-11-31(12-9-27)42(4)17-14-38(52)48-41(42)53/h5-13,20-22,25,28,39H,14-19,23H2,1-4H3,(H,47,50)(H,48,52,53)/t25-,42-/m1/s1. The van der Waals surface area contributed by atoms with E-state index in [1.807, 2.05) is 51.1 Å². The molecule has 5 aromatic rings. The van der Waals surface area contributed by atoms with Gasteiger partial charge in [0.2, 0.25) is 11.8 Å². The van der Waals surface area contributed by atoms with Gasteiger partial charge in [-0.15, -0.1) is 5.10 Å². The molecule has 4 heterocycles. The smallest absolute Gasteiger partial charge is 0.264 e. The summed E-state index contributed by atoms with van der Waals surface area (Å²) in [5, 5.41) is 16.2. The first kappa shape index (κ1) is 36.2. The summed E-state index contributed by atoms with van der Waals surface area (Å²) >= 11 is 0. The van der Waals surface area contributed by atoms with E-state index in [0.29, 0.717) is 53.6 Å². The number of hydrogen-bond donors (Lipinski definition) is 2. The van der Waals surface area contributed by atoms with Gasteiger partial charge in [0.25, 0.3) is 6.43 Å². The van der Waals surface area contributed by atoms with Crippen LogP contribution in [0.1, 0.15) is 97.0 Å². The highest BCUT2D eigenvalue weighted by Crippen LogP contribution is 2.36. The Bertz CT molecular complexity index is 2180. The SMILES string of the molecule is Cc1c(C(F)F)cccc1[C@@H](C)Nc1nnc(C)c2cnc(-c3ccc(F)c(CN4CCC(c5ccc([C@@]6(C)CCC(=O)NC6=O)cc5)CC4)c3)cc12. The number of likely N-dealkylation sites (tertiary alicyclic amines) is 1. The number of nitrogens with zero attached hydrogens (tertiary/aromatic N) is 4. The average molecular weight is 721 g/mol. The number of hydrogen-bond acceptors (Lipinski definition) is 7. The fraction of sp³-hybridized carbons (Fsp3) is 0.357. The van der Waals surface area contributed by atoms with Crippen LogP contribution in [-0.2, 0) is 21.5 Å². The first-order chi connectivity index (χ1) is 25.4. The number of fused-ring (bicyclic) bond motifs is 1. The van der Waals surface area contributed by atoms with Crippen LogP contribution in [0.15, 0.2) is 72.9 Å². The zero-order valence-corrected chi connectivity index (χ0v) is 30.3. The maximum atomic E-state index is 15.3. The molecule has 2 aromatic heterocycles. The average Bonchev–Trinajstić information content (AvgIpc) is 3.15. The number of anilines is 1. The molecule has 3 aromatic carbocycles. The first-order valence-electron chi connectivity index (χ1n) is 18.1. The molecule has 2 atom stereocenters. The molecule has 2 aliphatic rings. The summed E-state index contributed by atoms with van der Waals surface area (Å²) < 4.78 is 42.5. The number of halogens is 3. The molecule has 2 N–H and O–H groups in total. The van der Waals surface area contributed by atoms with Gasteiger partial charge < -0.3 is 5.32 Å². The molecule has 0 saturated carbocycles. The van der Waals surface area contributed by atoms with Crippen LogP contribution >= 0.6 is 0 Å². The molecule has 274 valence electrons. The van der Waals surface area contributed by atoms with Crippen molar-refractivity contribution < 1.29 is 22.8 Å². The number of alkyl halides is 2. The summed E-state index contributed by atoms with van der Waals surface area (Å²) in [5.74, 6) is 0.136. The van der Waals surface area contributed by atoms with Crippen molar-refractivity contribution in [1.29, 1.82) is 0 Å². The van der Waals surface area contributed by atoms with E-state index < -0.39 is 11.8 Å². The van der Waals surface area contributed by atoms with Crippen molar-refractivity contribution in [2.75, 3.05) is 18.4 Å². The second kappa shape index (κ2) is 14.7. The minimum Gasteiger partial charge on any atom is -0.362 e. The Morgan fingerprint density at radius 1 is 0.962 bits per heavy atom. The fourth-order valence-corrected chi connectivity index (χ4v) is 7.82. The second-order valence-electron chi connectivity index (χ2n) is 14.7. The first-order valence-corrected chi connectivity index (χ1v) is 18.1. The van der Waals surface area contributed by atoms with Crippen molar-refractivity contribution in [2.24, 2.45) is 0 Å². The lowest BCUT2D eigenvalue weighted by atomic mass is 9.75. The Hall–Kier alpha value is -5.16. The number of piperidine rings is 2. The molecular formula is C42H43F3N6O2. The molecule has 2 fully saturated rings. The van der Waals surface area contributed by atoms with E-state index in [1.54, 1.807) is 25.3 Å². The number of aryl methyl sites for hydroxylation is 1. The van der Waals surface area contributed by atoms with Crippen molar-refractivity contribution in [3.63, 3.8) is 0 Å². The molecule has 8 nitrogen and oxygen atoms in total. The van der Waals surface area contributed by atoms with Gasteiger partial charge in [-0.1, -0.05) is 42.5 Å². The lowest BCUT2D eigenvalue weighted by molar-refractivity contribution is -0.137. The third-order valence-electron chi connectivity index (χ3n) is 11.3. The van der Waals surface area contributed by atoms with E-state index in [2.05, 4.69) is 37.9 Å². The van der Waals surface area contributed by atoms with Gasteiger partial charge in [-0.2, -0.15) is 5.10 Å². The van der Waals surface area contributed by atoms with E-state index in [0.717, 1.165) is 53.4 Å². The lowest BCUT2D eigenvalue weighted by Gasteiger charge is -2.34.